The molecule has 1 aromatic carbocycles. The second-order valence-electron chi connectivity index (χ2n) is 3.34. The maximum atomic E-state index is 12.9. The SMILES string of the molecule is CNC(=O)CCNCc1cc(F)ccc1Br. The molecule has 0 bridgehead atoms. The zero-order valence-corrected chi connectivity index (χ0v) is 10.6. The third-order valence-corrected chi connectivity index (χ3v) is 2.90. The Labute approximate surface area is 103 Å². The van der Waals surface area contributed by atoms with E-state index in [1.54, 1.807) is 13.1 Å². The minimum absolute atomic E-state index is 0.00851. The molecule has 0 aliphatic heterocycles. The molecule has 0 atom stereocenters. The zero-order chi connectivity index (χ0) is 12.0. The molecule has 88 valence electrons. The number of benzene rings is 1. The zero-order valence-electron chi connectivity index (χ0n) is 9.02. The molecule has 3 nitrogen and oxygen atoms in total. The monoisotopic (exact) mass is 288 g/mol. The predicted octanol–water partition coefficient (Wildman–Crippen LogP) is 1.81. The van der Waals surface area contributed by atoms with E-state index in [0.29, 0.717) is 19.5 Å². The van der Waals surface area contributed by atoms with Crippen molar-refractivity contribution in [3.8, 4) is 0 Å². The van der Waals surface area contributed by atoms with Gasteiger partial charge in [-0.2, -0.15) is 0 Å². The van der Waals surface area contributed by atoms with Crippen molar-refractivity contribution in [3.05, 3.63) is 34.1 Å². The Kier molecular flexibility index (Phi) is 5.42. The summed E-state index contributed by atoms with van der Waals surface area (Å²) in [5, 5.41) is 5.61. The van der Waals surface area contributed by atoms with Crippen LogP contribution in [0.5, 0.6) is 0 Å². The van der Waals surface area contributed by atoms with Gasteiger partial charge in [0.2, 0.25) is 5.91 Å². The molecular weight excluding hydrogens is 275 g/mol. The van der Waals surface area contributed by atoms with Crippen LogP contribution in [-0.2, 0) is 11.3 Å². The summed E-state index contributed by atoms with van der Waals surface area (Å²) in [5.74, 6) is -0.267. The fourth-order valence-electron chi connectivity index (χ4n) is 1.23. The van der Waals surface area contributed by atoms with Crippen LogP contribution in [0.2, 0.25) is 0 Å². The molecule has 0 saturated carbocycles. The van der Waals surface area contributed by atoms with E-state index >= 15 is 0 Å². The fourth-order valence-corrected chi connectivity index (χ4v) is 1.62. The minimum atomic E-state index is -0.258. The van der Waals surface area contributed by atoms with Gasteiger partial charge in [0.25, 0.3) is 0 Å². The molecule has 16 heavy (non-hydrogen) atoms. The van der Waals surface area contributed by atoms with Gasteiger partial charge in [-0.05, 0) is 23.8 Å². The standard InChI is InChI=1S/C11H14BrFN2O/c1-14-11(16)4-5-15-7-8-6-9(13)2-3-10(8)12/h2-3,6,15H,4-5,7H2,1H3,(H,14,16). The van der Waals surface area contributed by atoms with Crippen molar-refractivity contribution >= 4 is 21.8 Å². The minimum Gasteiger partial charge on any atom is -0.359 e. The van der Waals surface area contributed by atoms with Crippen molar-refractivity contribution in [1.29, 1.82) is 0 Å². The van der Waals surface area contributed by atoms with Gasteiger partial charge in [-0.15, -0.1) is 0 Å². The third kappa shape index (κ3) is 4.28. The molecule has 2 N–H and O–H groups in total. The predicted molar refractivity (Wildman–Crippen MR) is 64.5 cm³/mol. The van der Waals surface area contributed by atoms with Crippen LogP contribution in [0.25, 0.3) is 0 Å². The van der Waals surface area contributed by atoms with Crippen LogP contribution < -0.4 is 10.6 Å². The molecule has 0 aliphatic rings. The molecule has 0 unspecified atom stereocenters. The maximum Gasteiger partial charge on any atom is 0.221 e. The average molecular weight is 289 g/mol. The van der Waals surface area contributed by atoms with Gasteiger partial charge in [-0.25, -0.2) is 4.39 Å². The molecule has 0 fully saturated rings. The van der Waals surface area contributed by atoms with Gasteiger partial charge in [0.05, 0.1) is 0 Å². The van der Waals surface area contributed by atoms with Crippen molar-refractivity contribution in [2.45, 2.75) is 13.0 Å². The van der Waals surface area contributed by atoms with Crippen LogP contribution in [0.3, 0.4) is 0 Å². The molecule has 0 spiro atoms. The summed E-state index contributed by atoms with van der Waals surface area (Å²) >= 11 is 3.34. The van der Waals surface area contributed by atoms with Crippen LogP contribution in [0.1, 0.15) is 12.0 Å². The van der Waals surface area contributed by atoms with E-state index < -0.39 is 0 Å². The van der Waals surface area contributed by atoms with Gasteiger partial charge >= 0.3 is 0 Å². The van der Waals surface area contributed by atoms with Crippen molar-refractivity contribution in [1.82, 2.24) is 10.6 Å². The summed E-state index contributed by atoms with van der Waals surface area (Å²) in [7, 11) is 1.60. The van der Waals surface area contributed by atoms with E-state index in [4.69, 9.17) is 0 Å². The quantitative estimate of drug-likeness (QED) is 0.812. The number of amides is 1. The van der Waals surface area contributed by atoms with Gasteiger partial charge < -0.3 is 10.6 Å². The largest absolute Gasteiger partial charge is 0.359 e. The number of hydrogen-bond acceptors (Lipinski definition) is 2. The summed E-state index contributed by atoms with van der Waals surface area (Å²) in [4.78, 5) is 10.9. The molecule has 1 rings (SSSR count). The third-order valence-electron chi connectivity index (χ3n) is 2.13. The first-order valence-corrected chi connectivity index (χ1v) is 5.78. The average Bonchev–Trinajstić information content (AvgIpc) is 2.28. The molecule has 1 amide bonds. The van der Waals surface area contributed by atoms with Crippen LogP contribution in [0.15, 0.2) is 22.7 Å². The molecule has 0 aromatic heterocycles. The van der Waals surface area contributed by atoms with Crippen LogP contribution >= 0.6 is 15.9 Å². The van der Waals surface area contributed by atoms with Gasteiger partial charge in [0.15, 0.2) is 0 Å². The lowest BCUT2D eigenvalue weighted by Gasteiger charge is -2.06. The Hall–Kier alpha value is -0.940. The number of halogens is 2. The number of nitrogens with one attached hydrogen (secondary N) is 2. The summed E-state index contributed by atoms with van der Waals surface area (Å²) < 4.78 is 13.8. The Balaban J connectivity index is 2.37. The fraction of sp³-hybridized carbons (Fsp3) is 0.364. The van der Waals surface area contributed by atoms with E-state index in [-0.39, 0.29) is 11.7 Å². The van der Waals surface area contributed by atoms with Crippen molar-refractivity contribution in [2.75, 3.05) is 13.6 Å². The van der Waals surface area contributed by atoms with E-state index in [0.717, 1.165) is 10.0 Å². The van der Waals surface area contributed by atoms with Crippen molar-refractivity contribution < 1.29 is 9.18 Å². The highest BCUT2D eigenvalue weighted by Gasteiger charge is 2.02. The van der Waals surface area contributed by atoms with Crippen molar-refractivity contribution in [2.24, 2.45) is 0 Å². The molecule has 0 heterocycles. The highest BCUT2D eigenvalue weighted by molar-refractivity contribution is 9.10. The molecular formula is C11H14BrFN2O. The lowest BCUT2D eigenvalue weighted by Crippen LogP contribution is -2.24. The van der Waals surface area contributed by atoms with E-state index in [9.17, 15) is 9.18 Å². The molecule has 0 saturated heterocycles. The Morgan fingerprint density at radius 1 is 1.50 bits per heavy atom. The highest BCUT2D eigenvalue weighted by atomic mass is 79.9. The van der Waals surface area contributed by atoms with Gasteiger partial charge in [-0.3, -0.25) is 4.79 Å². The normalized spacial score (nSPS) is 10.2. The van der Waals surface area contributed by atoms with Gasteiger partial charge in [-0.1, -0.05) is 15.9 Å². The summed E-state index contributed by atoms with van der Waals surface area (Å²) in [6.07, 6.45) is 0.420. The lowest BCUT2D eigenvalue weighted by molar-refractivity contribution is -0.120. The van der Waals surface area contributed by atoms with Gasteiger partial charge in [0, 0.05) is 31.0 Å². The first-order valence-electron chi connectivity index (χ1n) is 4.98. The number of rotatable bonds is 5. The molecule has 0 radical (unpaired) electrons. The van der Waals surface area contributed by atoms with Gasteiger partial charge in [0.1, 0.15) is 5.82 Å². The second kappa shape index (κ2) is 6.60. The van der Waals surface area contributed by atoms with Crippen LogP contribution in [0.4, 0.5) is 4.39 Å². The highest BCUT2D eigenvalue weighted by Crippen LogP contribution is 2.17. The van der Waals surface area contributed by atoms with E-state index in [1.807, 2.05) is 0 Å². The number of carbonyl (C=O) groups is 1. The Morgan fingerprint density at radius 3 is 2.94 bits per heavy atom. The smallest absolute Gasteiger partial charge is 0.221 e. The first-order chi connectivity index (χ1) is 7.63. The maximum absolute atomic E-state index is 12.9. The number of carbonyl (C=O) groups excluding carboxylic acids is 1. The topological polar surface area (TPSA) is 41.1 Å². The van der Waals surface area contributed by atoms with E-state index in [2.05, 4.69) is 26.6 Å². The Bertz CT molecular complexity index is 371. The van der Waals surface area contributed by atoms with Crippen molar-refractivity contribution in [3.63, 3.8) is 0 Å². The molecule has 5 heteroatoms. The first kappa shape index (κ1) is 13.1. The molecule has 0 aliphatic carbocycles. The van der Waals surface area contributed by atoms with Crippen LogP contribution in [-0.4, -0.2) is 19.5 Å². The summed E-state index contributed by atoms with van der Waals surface area (Å²) in [6.45, 7) is 1.11. The Morgan fingerprint density at radius 2 is 2.25 bits per heavy atom. The number of hydrogen-bond donors (Lipinski definition) is 2. The van der Waals surface area contributed by atoms with E-state index in [1.165, 1.54) is 12.1 Å². The molecule has 1 aromatic rings. The summed E-state index contributed by atoms with van der Waals surface area (Å²) in [5.41, 5.74) is 0.844. The summed E-state index contributed by atoms with van der Waals surface area (Å²) in [6, 6.07) is 4.54. The second-order valence-corrected chi connectivity index (χ2v) is 4.19. The lowest BCUT2D eigenvalue weighted by atomic mass is 10.2. The van der Waals surface area contributed by atoms with Crippen LogP contribution in [0, 0.1) is 5.82 Å².